The Morgan fingerprint density at radius 3 is 2.50 bits per heavy atom. The van der Waals surface area contributed by atoms with E-state index in [0.717, 1.165) is 28.8 Å². The number of nitrogens with one attached hydrogen (secondary N) is 2. The van der Waals surface area contributed by atoms with Crippen LogP contribution in [-0.2, 0) is 32.8 Å². The van der Waals surface area contributed by atoms with Gasteiger partial charge in [0.25, 0.3) is 0 Å². The maximum absolute atomic E-state index is 13.5. The summed E-state index contributed by atoms with van der Waals surface area (Å²) < 4.78 is 0. The summed E-state index contributed by atoms with van der Waals surface area (Å²) in [6.45, 7) is 4.27. The SMILES string of the molecule is CCc1cccc2c1NC(=O)C21NC(C)C2C(=O)N(CCc3ccccc3)C(=O)C21. The smallest absolute Gasteiger partial charge is 0.250 e. The predicted octanol–water partition coefficient (Wildman–Crippen LogP) is 2.23. The lowest BCUT2D eigenvalue weighted by Crippen LogP contribution is -2.53. The Morgan fingerprint density at radius 1 is 1.00 bits per heavy atom. The van der Waals surface area contributed by atoms with Crippen molar-refractivity contribution in [2.75, 3.05) is 11.9 Å². The zero-order valence-electron chi connectivity index (χ0n) is 17.1. The maximum atomic E-state index is 13.5. The molecule has 154 valence electrons. The molecule has 0 radical (unpaired) electrons. The number of fused-ring (bicyclic) bond motifs is 4. The molecule has 0 saturated carbocycles. The van der Waals surface area contributed by atoms with Crippen LogP contribution >= 0.6 is 0 Å². The molecule has 0 bridgehead atoms. The largest absolute Gasteiger partial charge is 0.324 e. The van der Waals surface area contributed by atoms with Crippen molar-refractivity contribution in [2.45, 2.75) is 38.3 Å². The quantitative estimate of drug-likeness (QED) is 0.768. The van der Waals surface area contributed by atoms with Gasteiger partial charge in [0.15, 0.2) is 0 Å². The number of nitrogens with zero attached hydrogens (tertiary/aromatic N) is 1. The molecule has 3 aliphatic heterocycles. The number of benzene rings is 2. The van der Waals surface area contributed by atoms with E-state index in [1.54, 1.807) is 0 Å². The number of amides is 3. The number of hydrogen-bond donors (Lipinski definition) is 2. The Balaban J connectivity index is 1.52. The summed E-state index contributed by atoms with van der Waals surface area (Å²) in [5, 5.41) is 6.37. The molecule has 0 aromatic heterocycles. The second-order valence-electron chi connectivity index (χ2n) is 8.46. The first kappa shape index (κ1) is 19.0. The Morgan fingerprint density at radius 2 is 1.77 bits per heavy atom. The molecule has 4 atom stereocenters. The van der Waals surface area contributed by atoms with Crippen molar-refractivity contribution in [2.24, 2.45) is 11.8 Å². The Bertz CT molecular complexity index is 1050. The summed E-state index contributed by atoms with van der Waals surface area (Å²) in [5.74, 6) is -1.91. The number of rotatable bonds is 4. The number of aryl methyl sites for hydroxylation is 1. The summed E-state index contributed by atoms with van der Waals surface area (Å²) in [4.78, 5) is 41.4. The van der Waals surface area contributed by atoms with Crippen molar-refractivity contribution in [1.29, 1.82) is 0 Å². The molecule has 5 rings (SSSR count). The second kappa shape index (κ2) is 6.77. The molecule has 2 fully saturated rings. The summed E-state index contributed by atoms with van der Waals surface area (Å²) in [6.07, 6.45) is 1.38. The van der Waals surface area contributed by atoms with Gasteiger partial charge in [-0.2, -0.15) is 0 Å². The first-order chi connectivity index (χ1) is 14.5. The Kier molecular flexibility index (Phi) is 4.29. The minimum Gasteiger partial charge on any atom is -0.324 e. The van der Waals surface area contributed by atoms with Gasteiger partial charge in [-0.25, -0.2) is 0 Å². The van der Waals surface area contributed by atoms with Gasteiger partial charge in [0.2, 0.25) is 17.7 Å². The number of carbonyl (C=O) groups is 3. The summed E-state index contributed by atoms with van der Waals surface area (Å²) in [5.41, 5.74) is 2.50. The van der Waals surface area contributed by atoms with Crippen LogP contribution in [0.25, 0.3) is 0 Å². The molecule has 6 heteroatoms. The van der Waals surface area contributed by atoms with Crippen LogP contribution in [-0.4, -0.2) is 35.2 Å². The van der Waals surface area contributed by atoms with Gasteiger partial charge < -0.3 is 5.32 Å². The van der Waals surface area contributed by atoms with Gasteiger partial charge >= 0.3 is 0 Å². The molecule has 1 spiro atoms. The van der Waals surface area contributed by atoms with Crippen molar-refractivity contribution in [3.8, 4) is 0 Å². The van der Waals surface area contributed by atoms with E-state index in [0.29, 0.717) is 13.0 Å². The molecule has 3 amide bonds. The van der Waals surface area contributed by atoms with Crippen LogP contribution in [0.15, 0.2) is 48.5 Å². The second-order valence-corrected chi connectivity index (χ2v) is 8.46. The average molecular weight is 403 g/mol. The van der Waals surface area contributed by atoms with E-state index in [1.165, 1.54) is 4.90 Å². The van der Waals surface area contributed by atoms with E-state index in [-0.39, 0.29) is 23.8 Å². The van der Waals surface area contributed by atoms with Crippen LogP contribution in [0.3, 0.4) is 0 Å². The van der Waals surface area contributed by atoms with Crippen molar-refractivity contribution in [3.63, 3.8) is 0 Å². The van der Waals surface area contributed by atoms with E-state index >= 15 is 0 Å². The highest BCUT2D eigenvalue weighted by molar-refractivity contribution is 6.15. The molecular weight excluding hydrogens is 378 g/mol. The molecule has 2 aromatic rings. The monoisotopic (exact) mass is 403 g/mol. The molecular formula is C24H25N3O3. The molecule has 2 aromatic carbocycles. The van der Waals surface area contributed by atoms with Crippen LogP contribution in [0.1, 0.15) is 30.5 Å². The topological polar surface area (TPSA) is 78.5 Å². The highest BCUT2D eigenvalue weighted by Gasteiger charge is 2.69. The number of carbonyl (C=O) groups excluding carboxylic acids is 3. The fraction of sp³-hybridized carbons (Fsp3) is 0.375. The number of anilines is 1. The van der Waals surface area contributed by atoms with E-state index in [2.05, 4.69) is 10.6 Å². The van der Waals surface area contributed by atoms with Crippen LogP contribution in [0.2, 0.25) is 0 Å². The molecule has 6 nitrogen and oxygen atoms in total. The third kappa shape index (κ3) is 2.43. The van der Waals surface area contributed by atoms with Crippen LogP contribution < -0.4 is 10.6 Å². The summed E-state index contributed by atoms with van der Waals surface area (Å²) >= 11 is 0. The fourth-order valence-corrected chi connectivity index (χ4v) is 5.51. The predicted molar refractivity (Wildman–Crippen MR) is 113 cm³/mol. The van der Waals surface area contributed by atoms with Crippen molar-refractivity contribution < 1.29 is 14.4 Å². The lowest BCUT2D eigenvalue weighted by atomic mass is 9.76. The minimum atomic E-state index is -1.18. The lowest BCUT2D eigenvalue weighted by molar-refractivity contribution is -0.142. The minimum absolute atomic E-state index is 0.175. The third-order valence-corrected chi connectivity index (χ3v) is 6.92. The standard InChI is InChI=1S/C24H25N3O3/c1-3-16-10-7-11-17-20(16)25-23(30)24(17)19-18(14(2)26-24)21(28)27(22(19)29)13-12-15-8-5-4-6-9-15/h4-11,14,18-19,26H,3,12-13H2,1-2H3,(H,25,30). The van der Waals surface area contributed by atoms with Gasteiger partial charge in [0, 0.05) is 23.8 Å². The van der Waals surface area contributed by atoms with Gasteiger partial charge in [-0.3, -0.25) is 24.6 Å². The van der Waals surface area contributed by atoms with Crippen molar-refractivity contribution >= 4 is 23.4 Å². The van der Waals surface area contributed by atoms with Crippen LogP contribution in [0.5, 0.6) is 0 Å². The number of imide groups is 1. The van der Waals surface area contributed by atoms with Gasteiger partial charge in [-0.15, -0.1) is 0 Å². The van der Waals surface area contributed by atoms with Gasteiger partial charge in [-0.05, 0) is 30.9 Å². The molecule has 30 heavy (non-hydrogen) atoms. The zero-order valence-corrected chi connectivity index (χ0v) is 17.1. The van der Waals surface area contributed by atoms with Crippen molar-refractivity contribution in [1.82, 2.24) is 10.2 Å². The van der Waals surface area contributed by atoms with E-state index in [4.69, 9.17) is 0 Å². The highest BCUT2D eigenvalue weighted by atomic mass is 16.2. The first-order valence-corrected chi connectivity index (χ1v) is 10.6. The summed E-state index contributed by atoms with van der Waals surface area (Å²) in [6, 6.07) is 15.4. The molecule has 2 N–H and O–H groups in total. The third-order valence-electron chi connectivity index (χ3n) is 6.92. The van der Waals surface area contributed by atoms with Gasteiger partial charge in [0.1, 0.15) is 5.54 Å². The maximum Gasteiger partial charge on any atom is 0.250 e. The van der Waals surface area contributed by atoms with E-state index in [1.807, 2.05) is 62.4 Å². The first-order valence-electron chi connectivity index (χ1n) is 10.6. The number of hydrogen-bond acceptors (Lipinski definition) is 4. The molecule has 0 aliphatic carbocycles. The average Bonchev–Trinajstić information content (AvgIpc) is 3.31. The normalized spacial score (nSPS) is 29.5. The van der Waals surface area contributed by atoms with Gasteiger partial charge in [0.05, 0.1) is 11.8 Å². The van der Waals surface area contributed by atoms with Crippen LogP contribution in [0, 0.1) is 11.8 Å². The highest BCUT2D eigenvalue weighted by Crippen LogP contribution is 2.53. The number of likely N-dealkylation sites (tertiary alicyclic amines) is 1. The lowest BCUT2D eigenvalue weighted by Gasteiger charge is -2.29. The van der Waals surface area contributed by atoms with E-state index < -0.39 is 17.4 Å². The summed E-state index contributed by atoms with van der Waals surface area (Å²) in [7, 11) is 0. The van der Waals surface area contributed by atoms with E-state index in [9.17, 15) is 14.4 Å². The fourth-order valence-electron chi connectivity index (χ4n) is 5.51. The number of para-hydroxylation sites is 1. The zero-order chi connectivity index (χ0) is 21.0. The Labute approximate surface area is 175 Å². The molecule has 4 unspecified atom stereocenters. The Hall–Kier alpha value is -2.99. The molecule has 3 aliphatic rings. The van der Waals surface area contributed by atoms with Gasteiger partial charge in [-0.1, -0.05) is 55.5 Å². The molecule has 2 saturated heterocycles. The van der Waals surface area contributed by atoms with Crippen LogP contribution in [0.4, 0.5) is 5.69 Å². The molecule has 3 heterocycles. The van der Waals surface area contributed by atoms with Crippen molar-refractivity contribution in [3.05, 3.63) is 65.2 Å².